The van der Waals surface area contributed by atoms with Crippen LogP contribution < -0.4 is 5.32 Å². The third-order valence-electron chi connectivity index (χ3n) is 3.88. The molecule has 0 atom stereocenters. The zero-order chi connectivity index (χ0) is 14.8. The lowest BCUT2D eigenvalue weighted by Crippen LogP contribution is -1.93. The van der Waals surface area contributed by atoms with E-state index in [0.29, 0.717) is 0 Å². The second-order valence-corrected chi connectivity index (χ2v) is 5.28. The van der Waals surface area contributed by atoms with Crippen LogP contribution in [0.3, 0.4) is 0 Å². The number of hydrogen-bond acceptors (Lipinski definition) is 1. The van der Waals surface area contributed by atoms with E-state index in [1.165, 1.54) is 21.9 Å². The minimum Gasteiger partial charge on any atom is -0.348 e. The number of H-pyrrole nitrogens is 1. The second kappa shape index (κ2) is 5.41. The van der Waals surface area contributed by atoms with Crippen molar-refractivity contribution in [3.8, 4) is 11.1 Å². The molecule has 0 aliphatic heterocycles. The van der Waals surface area contributed by atoms with Gasteiger partial charge < -0.3 is 10.3 Å². The Hall–Kier alpha value is -3.00. The lowest BCUT2D eigenvalue weighted by atomic mass is 10.1. The van der Waals surface area contributed by atoms with Crippen LogP contribution in [-0.4, -0.2) is 4.98 Å². The fourth-order valence-corrected chi connectivity index (χ4v) is 2.80. The van der Waals surface area contributed by atoms with E-state index in [1.807, 2.05) is 12.3 Å². The summed E-state index contributed by atoms with van der Waals surface area (Å²) >= 11 is 0. The normalized spacial score (nSPS) is 10.7. The molecule has 0 unspecified atom stereocenters. The monoisotopic (exact) mass is 284 g/mol. The summed E-state index contributed by atoms with van der Waals surface area (Å²) in [7, 11) is 0. The summed E-state index contributed by atoms with van der Waals surface area (Å²) in [6.45, 7) is 0. The maximum atomic E-state index is 3.54. The summed E-state index contributed by atoms with van der Waals surface area (Å²) in [4.78, 5) is 3.31. The minimum absolute atomic E-state index is 1.02. The van der Waals surface area contributed by atoms with Crippen molar-refractivity contribution in [2.75, 3.05) is 5.32 Å². The number of aromatic nitrogens is 1. The van der Waals surface area contributed by atoms with Crippen LogP contribution in [0.15, 0.2) is 85.1 Å². The molecule has 0 spiro atoms. The Morgan fingerprint density at radius 1 is 0.682 bits per heavy atom. The number of hydrogen-bond donors (Lipinski definition) is 2. The SMILES string of the molecule is c1ccc(-c2cc[nH]c2Nc2cccc3ccccc23)cc1. The van der Waals surface area contributed by atoms with E-state index in [-0.39, 0.29) is 0 Å². The van der Waals surface area contributed by atoms with E-state index < -0.39 is 0 Å². The fourth-order valence-electron chi connectivity index (χ4n) is 2.80. The summed E-state index contributed by atoms with van der Waals surface area (Å²) in [6, 6.07) is 27.2. The number of aromatic amines is 1. The van der Waals surface area contributed by atoms with Crippen molar-refractivity contribution in [3.63, 3.8) is 0 Å². The molecule has 106 valence electrons. The molecular weight excluding hydrogens is 268 g/mol. The van der Waals surface area contributed by atoms with Crippen LogP contribution in [0.5, 0.6) is 0 Å². The molecule has 1 aromatic heterocycles. The molecule has 0 fully saturated rings. The molecule has 22 heavy (non-hydrogen) atoms. The summed E-state index contributed by atoms with van der Waals surface area (Å²) in [5, 5.41) is 6.00. The van der Waals surface area contributed by atoms with Crippen LogP contribution in [0.2, 0.25) is 0 Å². The highest BCUT2D eigenvalue weighted by atomic mass is 15.0. The van der Waals surface area contributed by atoms with Crippen molar-refractivity contribution >= 4 is 22.3 Å². The number of nitrogens with one attached hydrogen (secondary N) is 2. The highest BCUT2D eigenvalue weighted by molar-refractivity contribution is 5.96. The number of anilines is 2. The molecule has 4 aromatic rings. The van der Waals surface area contributed by atoms with Gasteiger partial charge in [0, 0.05) is 22.8 Å². The number of rotatable bonds is 3. The quantitative estimate of drug-likeness (QED) is 0.505. The standard InChI is InChI=1S/C20H16N2/c1-2-7-16(8-3-1)18-13-14-21-20(18)22-19-12-6-10-15-9-4-5-11-17(15)19/h1-14,21-22H. The van der Waals surface area contributed by atoms with Crippen LogP contribution in [0.4, 0.5) is 11.5 Å². The average molecular weight is 284 g/mol. The molecule has 0 bridgehead atoms. The van der Waals surface area contributed by atoms with E-state index in [2.05, 4.69) is 83.1 Å². The van der Waals surface area contributed by atoms with Gasteiger partial charge in [0.15, 0.2) is 0 Å². The van der Waals surface area contributed by atoms with Gasteiger partial charge in [-0.15, -0.1) is 0 Å². The Kier molecular flexibility index (Phi) is 3.13. The van der Waals surface area contributed by atoms with Gasteiger partial charge in [-0.05, 0) is 23.1 Å². The van der Waals surface area contributed by atoms with Crippen molar-refractivity contribution in [1.29, 1.82) is 0 Å². The summed E-state index contributed by atoms with van der Waals surface area (Å²) in [5.74, 6) is 1.02. The van der Waals surface area contributed by atoms with Crippen LogP contribution in [0.25, 0.3) is 21.9 Å². The van der Waals surface area contributed by atoms with Crippen molar-refractivity contribution in [3.05, 3.63) is 85.1 Å². The molecule has 0 amide bonds. The Balaban J connectivity index is 1.77. The molecule has 0 radical (unpaired) electrons. The van der Waals surface area contributed by atoms with Crippen molar-refractivity contribution in [2.45, 2.75) is 0 Å². The minimum atomic E-state index is 1.02. The van der Waals surface area contributed by atoms with Crippen LogP contribution in [0.1, 0.15) is 0 Å². The van der Waals surface area contributed by atoms with Gasteiger partial charge in [-0.2, -0.15) is 0 Å². The first kappa shape index (κ1) is 12.7. The molecule has 2 N–H and O–H groups in total. The Morgan fingerprint density at radius 3 is 2.36 bits per heavy atom. The van der Waals surface area contributed by atoms with Crippen molar-refractivity contribution in [2.24, 2.45) is 0 Å². The van der Waals surface area contributed by atoms with E-state index in [4.69, 9.17) is 0 Å². The first-order chi connectivity index (χ1) is 10.9. The van der Waals surface area contributed by atoms with Gasteiger partial charge in [-0.1, -0.05) is 66.7 Å². The smallest absolute Gasteiger partial charge is 0.115 e. The molecule has 3 aromatic carbocycles. The lowest BCUT2D eigenvalue weighted by molar-refractivity contribution is 1.38. The Labute approximate surface area is 129 Å². The topological polar surface area (TPSA) is 27.8 Å². The van der Waals surface area contributed by atoms with E-state index >= 15 is 0 Å². The lowest BCUT2D eigenvalue weighted by Gasteiger charge is -2.11. The molecule has 0 aliphatic carbocycles. The Morgan fingerprint density at radius 2 is 1.45 bits per heavy atom. The van der Waals surface area contributed by atoms with Crippen molar-refractivity contribution < 1.29 is 0 Å². The van der Waals surface area contributed by atoms with Gasteiger partial charge in [0.25, 0.3) is 0 Å². The van der Waals surface area contributed by atoms with Gasteiger partial charge in [-0.3, -0.25) is 0 Å². The molecular formula is C20H16N2. The molecule has 0 saturated heterocycles. The molecule has 1 heterocycles. The highest BCUT2D eigenvalue weighted by Gasteiger charge is 2.07. The first-order valence-corrected chi connectivity index (χ1v) is 7.39. The van der Waals surface area contributed by atoms with E-state index in [1.54, 1.807) is 0 Å². The summed E-state index contributed by atoms with van der Waals surface area (Å²) in [5.41, 5.74) is 3.48. The maximum absolute atomic E-state index is 3.54. The number of benzene rings is 3. The van der Waals surface area contributed by atoms with E-state index in [0.717, 1.165) is 11.5 Å². The maximum Gasteiger partial charge on any atom is 0.115 e. The average Bonchev–Trinajstić information content (AvgIpc) is 3.04. The van der Waals surface area contributed by atoms with Crippen LogP contribution in [-0.2, 0) is 0 Å². The molecule has 0 saturated carbocycles. The van der Waals surface area contributed by atoms with Gasteiger partial charge in [0.1, 0.15) is 5.82 Å². The van der Waals surface area contributed by atoms with Crippen LogP contribution in [0, 0.1) is 0 Å². The largest absolute Gasteiger partial charge is 0.348 e. The van der Waals surface area contributed by atoms with Crippen molar-refractivity contribution in [1.82, 2.24) is 4.98 Å². The third kappa shape index (κ3) is 2.25. The number of fused-ring (bicyclic) bond motifs is 1. The Bertz CT molecular complexity index is 902. The van der Waals surface area contributed by atoms with Gasteiger partial charge >= 0.3 is 0 Å². The predicted molar refractivity (Wildman–Crippen MR) is 93.5 cm³/mol. The summed E-state index contributed by atoms with van der Waals surface area (Å²) in [6.07, 6.45) is 1.97. The van der Waals surface area contributed by atoms with Gasteiger partial charge in [-0.25, -0.2) is 0 Å². The van der Waals surface area contributed by atoms with Gasteiger partial charge in [0.2, 0.25) is 0 Å². The zero-order valence-electron chi connectivity index (χ0n) is 12.1. The molecule has 0 aliphatic rings. The fraction of sp³-hybridized carbons (Fsp3) is 0. The van der Waals surface area contributed by atoms with Crippen LogP contribution >= 0.6 is 0 Å². The summed E-state index contributed by atoms with van der Waals surface area (Å²) < 4.78 is 0. The third-order valence-corrected chi connectivity index (χ3v) is 3.88. The van der Waals surface area contributed by atoms with E-state index in [9.17, 15) is 0 Å². The van der Waals surface area contributed by atoms with Gasteiger partial charge in [0.05, 0.1) is 0 Å². The highest BCUT2D eigenvalue weighted by Crippen LogP contribution is 2.31. The predicted octanol–water partition coefficient (Wildman–Crippen LogP) is 5.58. The zero-order valence-corrected chi connectivity index (χ0v) is 12.1. The molecule has 2 heteroatoms. The first-order valence-electron chi connectivity index (χ1n) is 7.39. The molecule has 2 nitrogen and oxygen atoms in total. The molecule has 4 rings (SSSR count). The second-order valence-electron chi connectivity index (χ2n) is 5.28.